The molecule has 102 valence electrons. The number of nitrogens with zero attached hydrogens (tertiary/aromatic N) is 2. The number of nitro groups is 2. The summed E-state index contributed by atoms with van der Waals surface area (Å²) in [7, 11) is 0. The highest BCUT2D eigenvalue weighted by molar-refractivity contribution is 5.94. The molecule has 9 heteroatoms. The van der Waals surface area contributed by atoms with E-state index in [2.05, 4.69) is 0 Å². The molecule has 0 bridgehead atoms. The Balaban J connectivity index is 3.03. The Kier molecular flexibility index (Phi) is 4.89. The van der Waals surface area contributed by atoms with Crippen LogP contribution in [0.4, 0.5) is 11.4 Å². The number of ether oxygens (including phenoxy) is 1. The molecule has 1 rings (SSSR count). The zero-order valence-electron chi connectivity index (χ0n) is 9.77. The summed E-state index contributed by atoms with van der Waals surface area (Å²) < 4.78 is 4.77. The molecule has 0 aliphatic rings. The Morgan fingerprint density at radius 1 is 1.26 bits per heavy atom. The van der Waals surface area contributed by atoms with Gasteiger partial charge >= 0.3 is 5.97 Å². The van der Waals surface area contributed by atoms with Crippen LogP contribution in [0.25, 0.3) is 0 Å². The fourth-order valence-corrected chi connectivity index (χ4v) is 1.28. The van der Waals surface area contributed by atoms with Gasteiger partial charge in [0.2, 0.25) is 0 Å². The molecule has 0 fully saturated rings. The number of nitro benzene ring substituents is 2. The lowest BCUT2D eigenvalue weighted by Crippen LogP contribution is -2.12. The van der Waals surface area contributed by atoms with Crippen LogP contribution in [0.5, 0.6) is 0 Å². The molecule has 0 heterocycles. The summed E-state index contributed by atoms with van der Waals surface area (Å²) in [6.07, 6.45) is 0.423. The number of hydrogen-bond donors (Lipinski definition) is 1. The topological polar surface area (TPSA) is 139 Å². The molecule has 0 radical (unpaired) electrons. The molecule has 0 atom stereocenters. The molecule has 2 N–H and O–H groups in total. The Morgan fingerprint density at radius 3 is 2.47 bits per heavy atom. The minimum atomic E-state index is -0.907. The lowest BCUT2D eigenvalue weighted by atomic mass is 10.1. The van der Waals surface area contributed by atoms with Gasteiger partial charge in [-0.2, -0.15) is 0 Å². The predicted molar refractivity (Wildman–Crippen MR) is 63.7 cm³/mol. The van der Waals surface area contributed by atoms with Crippen molar-refractivity contribution >= 4 is 17.3 Å². The molecule has 9 nitrogen and oxygen atoms in total. The van der Waals surface area contributed by atoms with Crippen LogP contribution in [0.2, 0.25) is 0 Å². The van der Waals surface area contributed by atoms with Crippen LogP contribution in [0, 0.1) is 20.2 Å². The number of benzene rings is 1. The van der Waals surface area contributed by atoms with Crippen molar-refractivity contribution in [1.29, 1.82) is 0 Å². The van der Waals surface area contributed by atoms with Gasteiger partial charge in [0.15, 0.2) is 0 Å². The first-order chi connectivity index (χ1) is 8.97. The minimum absolute atomic E-state index is 0.0312. The molecule has 1 aromatic rings. The summed E-state index contributed by atoms with van der Waals surface area (Å²) in [4.78, 5) is 31.2. The minimum Gasteiger partial charge on any atom is -0.462 e. The molecule has 0 saturated heterocycles. The van der Waals surface area contributed by atoms with Crippen molar-refractivity contribution in [3.8, 4) is 0 Å². The summed E-state index contributed by atoms with van der Waals surface area (Å²) in [6, 6.07) is 2.73. The van der Waals surface area contributed by atoms with Crippen molar-refractivity contribution < 1.29 is 19.4 Å². The Hall–Kier alpha value is -2.55. The van der Waals surface area contributed by atoms with Crippen LogP contribution < -0.4 is 5.73 Å². The highest BCUT2D eigenvalue weighted by Crippen LogP contribution is 2.25. The van der Waals surface area contributed by atoms with Gasteiger partial charge in [0.1, 0.15) is 5.56 Å². The van der Waals surface area contributed by atoms with Crippen LogP contribution in [0.3, 0.4) is 0 Å². The molecule has 0 unspecified atom stereocenters. The second kappa shape index (κ2) is 6.40. The van der Waals surface area contributed by atoms with E-state index in [0.717, 1.165) is 18.2 Å². The smallest absolute Gasteiger partial charge is 0.345 e. The van der Waals surface area contributed by atoms with E-state index >= 15 is 0 Å². The third-order valence-electron chi connectivity index (χ3n) is 2.19. The van der Waals surface area contributed by atoms with E-state index in [1.165, 1.54) is 0 Å². The van der Waals surface area contributed by atoms with E-state index in [1.54, 1.807) is 0 Å². The highest BCUT2D eigenvalue weighted by Gasteiger charge is 2.24. The molecular weight excluding hydrogens is 258 g/mol. The maximum absolute atomic E-state index is 11.6. The normalized spacial score (nSPS) is 9.95. The lowest BCUT2D eigenvalue weighted by Gasteiger charge is -2.04. The van der Waals surface area contributed by atoms with Crippen molar-refractivity contribution in [3.63, 3.8) is 0 Å². The fraction of sp³-hybridized carbons (Fsp3) is 0.300. The fourth-order valence-electron chi connectivity index (χ4n) is 1.28. The summed E-state index contributed by atoms with van der Waals surface area (Å²) in [6.45, 7) is 0.346. The molecule has 0 saturated carbocycles. The first-order valence-corrected chi connectivity index (χ1v) is 5.27. The van der Waals surface area contributed by atoms with Crippen LogP contribution in [-0.4, -0.2) is 29.0 Å². The average Bonchev–Trinajstić information content (AvgIpc) is 2.38. The van der Waals surface area contributed by atoms with Crippen molar-refractivity contribution in [2.45, 2.75) is 6.42 Å². The number of nitrogens with two attached hydrogens (primary N) is 1. The number of carbonyl (C=O) groups is 1. The zero-order chi connectivity index (χ0) is 14.4. The molecule has 0 aromatic heterocycles. The van der Waals surface area contributed by atoms with E-state index in [-0.39, 0.29) is 12.2 Å². The zero-order valence-corrected chi connectivity index (χ0v) is 9.77. The van der Waals surface area contributed by atoms with Crippen molar-refractivity contribution in [1.82, 2.24) is 0 Å². The molecular formula is C10H11N3O6. The average molecular weight is 269 g/mol. The second-order valence-corrected chi connectivity index (χ2v) is 3.49. The summed E-state index contributed by atoms with van der Waals surface area (Å²) in [5.74, 6) is -0.907. The first-order valence-electron chi connectivity index (χ1n) is 5.27. The quantitative estimate of drug-likeness (QED) is 0.351. The van der Waals surface area contributed by atoms with Gasteiger partial charge in [-0.25, -0.2) is 4.79 Å². The largest absolute Gasteiger partial charge is 0.462 e. The molecule has 1 aromatic carbocycles. The van der Waals surface area contributed by atoms with E-state index in [9.17, 15) is 25.0 Å². The van der Waals surface area contributed by atoms with Gasteiger partial charge in [-0.15, -0.1) is 0 Å². The molecule has 0 spiro atoms. The number of carbonyl (C=O) groups excluding carboxylic acids is 1. The van der Waals surface area contributed by atoms with Gasteiger partial charge in [-0.05, 0) is 19.0 Å². The monoisotopic (exact) mass is 269 g/mol. The molecule has 0 aliphatic carbocycles. The van der Waals surface area contributed by atoms with Gasteiger partial charge in [0.05, 0.1) is 22.5 Å². The van der Waals surface area contributed by atoms with Gasteiger partial charge in [-0.3, -0.25) is 20.2 Å². The Morgan fingerprint density at radius 2 is 1.95 bits per heavy atom. The van der Waals surface area contributed by atoms with E-state index < -0.39 is 27.2 Å². The number of hydrogen-bond acceptors (Lipinski definition) is 7. The van der Waals surface area contributed by atoms with Crippen molar-refractivity contribution in [3.05, 3.63) is 44.0 Å². The van der Waals surface area contributed by atoms with E-state index in [0.29, 0.717) is 13.0 Å². The van der Waals surface area contributed by atoms with Crippen LogP contribution in [0.15, 0.2) is 18.2 Å². The molecule has 0 aliphatic heterocycles. The third kappa shape index (κ3) is 3.71. The number of non-ortho nitro benzene ring substituents is 1. The van der Waals surface area contributed by atoms with Gasteiger partial charge in [-0.1, -0.05) is 0 Å². The Bertz CT molecular complexity index is 516. The summed E-state index contributed by atoms with van der Waals surface area (Å²) in [5, 5.41) is 21.3. The first kappa shape index (κ1) is 14.5. The van der Waals surface area contributed by atoms with Crippen LogP contribution >= 0.6 is 0 Å². The maximum atomic E-state index is 11.6. The van der Waals surface area contributed by atoms with Gasteiger partial charge in [0, 0.05) is 6.07 Å². The lowest BCUT2D eigenvalue weighted by molar-refractivity contribution is -0.394. The third-order valence-corrected chi connectivity index (χ3v) is 2.19. The highest BCUT2D eigenvalue weighted by atomic mass is 16.6. The number of esters is 1. The predicted octanol–water partition coefficient (Wildman–Crippen LogP) is 1.01. The van der Waals surface area contributed by atoms with E-state index in [1.807, 2.05) is 0 Å². The Labute approximate surface area is 107 Å². The van der Waals surface area contributed by atoms with Crippen molar-refractivity contribution in [2.75, 3.05) is 13.2 Å². The van der Waals surface area contributed by atoms with Crippen LogP contribution in [-0.2, 0) is 4.74 Å². The molecule has 0 amide bonds. The maximum Gasteiger partial charge on any atom is 0.345 e. The van der Waals surface area contributed by atoms with Crippen molar-refractivity contribution in [2.24, 2.45) is 5.73 Å². The SMILES string of the molecule is NCCCOC(=O)c1ccc([N+](=O)[O-])cc1[N+](=O)[O-]. The van der Waals surface area contributed by atoms with Crippen LogP contribution in [0.1, 0.15) is 16.8 Å². The van der Waals surface area contributed by atoms with E-state index in [4.69, 9.17) is 10.5 Å². The summed E-state index contributed by atoms with van der Waals surface area (Å²) in [5.41, 5.74) is 3.76. The standard InChI is InChI=1S/C10H11N3O6/c11-4-1-5-19-10(14)8-3-2-7(12(15)16)6-9(8)13(17)18/h2-3,6H,1,4-5,11H2. The van der Waals surface area contributed by atoms with Gasteiger partial charge < -0.3 is 10.5 Å². The van der Waals surface area contributed by atoms with Gasteiger partial charge in [0.25, 0.3) is 11.4 Å². The second-order valence-electron chi connectivity index (χ2n) is 3.49. The molecule has 19 heavy (non-hydrogen) atoms. The number of rotatable bonds is 6. The summed E-state index contributed by atoms with van der Waals surface area (Å²) >= 11 is 0.